The summed E-state index contributed by atoms with van der Waals surface area (Å²) in [6.07, 6.45) is 0.420. The molecule has 0 aliphatic rings. The van der Waals surface area contributed by atoms with Gasteiger partial charge in [-0.25, -0.2) is 0 Å². The van der Waals surface area contributed by atoms with Crippen molar-refractivity contribution in [2.75, 3.05) is 20.7 Å². The molecule has 1 aromatic heterocycles. The zero-order valence-electron chi connectivity index (χ0n) is 13.7. The molecular weight excluding hydrogens is 296 g/mol. The van der Waals surface area contributed by atoms with Crippen LogP contribution in [0.25, 0.3) is 0 Å². The molecule has 1 aromatic carbocycles. The number of nitrogens with zero attached hydrogens (tertiary/aromatic N) is 3. The monoisotopic (exact) mass is 318 g/mol. The van der Waals surface area contributed by atoms with Crippen molar-refractivity contribution in [1.82, 2.24) is 20.4 Å². The van der Waals surface area contributed by atoms with Crippen LogP contribution in [-0.4, -0.2) is 41.6 Å². The standard InChI is InChI=1S/C16H22N4O3/c1-12-18-15(19-23-12)11-20(2)9-8-16(21)17-10-13-4-6-14(22-3)7-5-13/h4-7H,8-11H2,1-3H3,(H,17,21). The van der Waals surface area contributed by atoms with Crippen LogP contribution in [0.3, 0.4) is 0 Å². The first-order valence-corrected chi connectivity index (χ1v) is 7.44. The molecule has 0 aliphatic carbocycles. The first kappa shape index (κ1) is 17.0. The van der Waals surface area contributed by atoms with Crippen molar-refractivity contribution in [3.05, 3.63) is 41.5 Å². The Kier molecular flexibility index (Phi) is 6.10. The number of nitrogens with one attached hydrogen (secondary N) is 1. The molecule has 7 heteroatoms. The molecule has 7 nitrogen and oxygen atoms in total. The van der Waals surface area contributed by atoms with Gasteiger partial charge < -0.3 is 14.6 Å². The summed E-state index contributed by atoms with van der Waals surface area (Å²) in [6.45, 7) is 3.45. The van der Waals surface area contributed by atoms with Crippen LogP contribution in [0.15, 0.2) is 28.8 Å². The first-order chi connectivity index (χ1) is 11.1. The summed E-state index contributed by atoms with van der Waals surface area (Å²) in [7, 11) is 3.55. The molecule has 1 heterocycles. The quantitative estimate of drug-likeness (QED) is 0.795. The van der Waals surface area contributed by atoms with Crippen molar-refractivity contribution < 1.29 is 14.1 Å². The van der Waals surface area contributed by atoms with Crippen LogP contribution in [0.2, 0.25) is 0 Å². The second kappa shape index (κ2) is 8.28. The third-order valence-electron chi connectivity index (χ3n) is 3.35. The smallest absolute Gasteiger partial charge is 0.223 e. The summed E-state index contributed by atoms with van der Waals surface area (Å²) in [4.78, 5) is 18.0. The van der Waals surface area contributed by atoms with E-state index in [0.29, 0.717) is 37.8 Å². The van der Waals surface area contributed by atoms with E-state index in [2.05, 4.69) is 15.5 Å². The lowest BCUT2D eigenvalue weighted by Gasteiger charge is -2.14. The number of amides is 1. The molecule has 0 radical (unpaired) electrons. The predicted octanol–water partition coefficient (Wildman–Crippen LogP) is 1.52. The second-order valence-corrected chi connectivity index (χ2v) is 5.34. The minimum Gasteiger partial charge on any atom is -0.497 e. The molecule has 0 spiro atoms. The van der Waals surface area contributed by atoms with E-state index in [1.807, 2.05) is 36.2 Å². The number of carbonyl (C=O) groups is 1. The zero-order valence-corrected chi connectivity index (χ0v) is 13.7. The fraction of sp³-hybridized carbons (Fsp3) is 0.438. The number of hydrogen-bond acceptors (Lipinski definition) is 6. The minimum atomic E-state index is 0.0111. The number of aryl methyl sites for hydroxylation is 1. The van der Waals surface area contributed by atoms with E-state index >= 15 is 0 Å². The Hall–Kier alpha value is -2.41. The molecular formula is C16H22N4O3. The van der Waals surface area contributed by atoms with Gasteiger partial charge in [0.05, 0.1) is 13.7 Å². The molecule has 0 saturated heterocycles. The third-order valence-corrected chi connectivity index (χ3v) is 3.35. The maximum absolute atomic E-state index is 11.9. The molecule has 0 saturated carbocycles. The van der Waals surface area contributed by atoms with Gasteiger partial charge in [0.25, 0.3) is 0 Å². The van der Waals surface area contributed by atoms with E-state index in [4.69, 9.17) is 9.26 Å². The highest BCUT2D eigenvalue weighted by molar-refractivity contribution is 5.76. The number of carbonyl (C=O) groups excluding carboxylic acids is 1. The summed E-state index contributed by atoms with van der Waals surface area (Å²) in [5.41, 5.74) is 1.04. The van der Waals surface area contributed by atoms with Gasteiger partial charge in [-0.05, 0) is 24.7 Å². The predicted molar refractivity (Wildman–Crippen MR) is 84.8 cm³/mol. The highest BCUT2D eigenvalue weighted by atomic mass is 16.5. The van der Waals surface area contributed by atoms with Crippen LogP contribution in [-0.2, 0) is 17.9 Å². The van der Waals surface area contributed by atoms with Gasteiger partial charge >= 0.3 is 0 Å². The van der Waals surface area contributed by atoms with Gasteiger partial charge in [-0.2, -0.15) is 4.98 Å². The average Bonchev–Trinajstić information content (AvgIpc) is 2.96. The highest BCUT2D eigenvalue weighted by Crippen LogP contribution is 2.10. The average molecular weight is 318 g/mol. The maximum Gasteiger partial charge on any atom is 0.223 e. The summed E-state index contributed by atoms with van der Waals surface area (Å²) >= 11 is 0. The van der Waals surface area contributed by atoms with E-state index in [1.54, 1.807) is 14.0 Å². The molecule has 0 aliphatic heterocycles. The Morgan fingerprint density at radius 2 is 2.09 bits per heavy atom. The van der Waals surface area contributed by atoms with Gasteiger partial charge in [0.15, 0.2) is 5.82 Å². The lowest BCUT2D eigenvalue weighted by molar-refractivity contribution is -0.121. The Bertz CT molecular complexity index is 625. The van der Waals surface area contributed by atoms with Gasteiger partial charge in [-0.1, -0.05) is 17.3 Å². The van der Waals surface area contributed by atoms with Gasteiger partial charge in [0.1, 0.15) is 5.75 Å². The Balaban J connectivity index is 1.67. The lowest BCUT2D eigenvalue weighted by atomic mass is 10.2. The summed E-state index contributed by atoms with van der Waals surface area (Å²) in [6, 6.07) is 7.62. The molecule has 2 aromatic rings. The number of rotatable bonds is 8. The number of hydrogen-bond donors (Lipinski definition) is 1. The van der Waals surface area contributed by atoms with Crippen molar-refractivity contribution in [1.29, 1.82) is 0 Å². The van der Waals surface area contributed by atoms with Crippen LogP contribution in [0.5, 0.6) is 5.75 Å². The Morgan fingerprint density at radius 3 is 2.70 bits per heavy atom. The van der Waals surface area contributed by atoms with Crippen LogP contribution in [0, 0.1) is 6.92 Å². The second-order valence-electron chi connectivity index (χ2n) is 5.34. The van der Waals surface area contributed by atoms with Crippen molar-refractivity contribution in [2.24, 2.45) is 0 Å². The molecule has 0 unspecified atom stereocenters. The van der Waals surface area contributed by atoms with Gasteiger partial charge in [0.2, 0.25) is 11.8 Å². The first-order valence-electron chi connectivity index (χ1n) is 7.44. The summed E-state index contributed by atoms with van der Waals surface area (Å²) in [5.74, 6) is 1.99. The van der Waals surface area contributed by atoms with Gasteiger partial charge in [-0.3, -0.25) is 9.69 Å². The largest absolute Gasteiger partial charge is 0.497 e. The number of benzene rings is 1. The van der Waals surface area contributed by atoms with E-state index < -0.39 is 0 Å². The van der Waals surface area contributed by atoms with Gasteiger partial charge in [0, 0.05) is 26.4 Å². The topological polar surface area (TPSA) is 80.5 Å². The van der Waals surface area contributed by atoms with Crippen LogP contribution < -0.4 is 10.1 Å². The molecule has 2 rings (SSSR count). The molecule has 124 valence electrons. The van der Waals surface area contributed by atoms with E-state index in [-0.39, 0.29) is 5.91 Å². The fourth-order valence-corrected chi connectivity index (χ4v) is 2.05. The van der Waals surface area contributed by atoms with E-state index in [0.717, 1.165) is 11.3 Å². The minimum absolute atomic E-state index is 0.0111. The van der Waals surface area contributed by atoms with Crippen molar-refractivity contribution >= 4 is 5.91 Å². The molecule has 0 atom stereocenters. The molecule has 0 bridgehead atoms. The van der Waals surface area contributed by atoms with Crippen molar-refractivity contribution in [3.8, 4) is 5.75 Å². The molecule has 23 heavy (non-hydrogen) atoms. The molecule has 1 N–H and O–H groups in total. The zero-order chi connectivity index (χ0) is 16.7. The Labute approximate surface area is 135 Å². The summed E-state index contributed by atoms with van der Waals surface area (Å²) < 4.78 is 10.0. The number of aromatic nitrogens is 2. The van der Waals surface area contributed by atoms with E-state index in [1.165, 1.54) is 0 Å². The lowest BCUT2D eigenvalue weighted by Crippen LogP contribution is -2.28. The summed E-state index contributed by atoms with van der Waals surface area (Å²) in [5, 5.41) is 6.74. The normalized spacial score (nSPS) is 10.8. The third kappa shape index (κ3) is 5.71. The number of ether oxygens (including phenoxy) is 1. The SMILES string of the molecule is COc1ccc(CNC(=O)CCN(C)Cc2noc(C)n2)cc1. The van der Waals surface area contributed by atoms with E-state index in [9.17, 15) is 4.79 Å². The Morgan fingerprint density at radius 1 is 1.35 bits per heavy atom. The van der Waals surface area contributed by atoms with Crippen molar-refractivity contribution in [2.45, 2.75) is 26.4 Å². The van der Waals surface area contributed by atoms with Crippen LogP contribution >= 0.6 is 0 Å². The molecule has 0 fully saturated rings. The molecule has 1 amide bonds. The van der Waals surface area contributed by atoms with Crippen molar-refractivity contribution in [3.63, 3.8) is 0 Å². The number of methoxy groups -OCH3 is 1. The van der Waals surface area contributed by atoms with Crippen LogP contribution in [0.1, 0.15) is 23.7 Å². The highest BCUT2D eigenvalue weighted by Gasteiger charge is 2.08. The maximum atomic E-state index is 11.9. The van der Waals surface area contributed by atoms with Crippen LogP contribution in [0.4, 0.5) is 0 Å². The fourth-order valence-electron chi connectivity index (χ4n) is 2.05. The van der Waals surface area contributed by atoms with Gasteiger partial charge in [-0.15, -0.1) is 0 Å².